The topological polar surface area (TPSA) is 225 Å². The van der Waals surface area contributed by atoms with Gasteiger partial charge in [-0.25, -0.2) is 4.79 Å². The van der Waals surface area contributed by atoms with Gasteiger partial charge in [-0.1, -0.05) is 6.07 Å². The summed E-state index contributed by atoms with van der Waals surface area (Å²) in [5, 5.41) is 78.9. The van der Waals surface area contributed by atoms with E-state index in [0.717, 1.165) is 6.08 Å². The Bertz CT molecular complexity index is 909. The van der Waals surface area contributed by atoms with Crippen LogP contribution in [-0.4, -0.2) is 129 Å². The van der Waals surface area contributed by atoms with Crippen molar-refractivity contribution in [1.29, 1.82) is 0 Å². The second-order valence-corrected chi connectivity index (χ2v) is 8.24. The maximum Gasteiger partial charge on any atom is 0.331 e. The molecule has 0 aromatic heterocycles. The molecule has 8 N–H and O–H groups in total. The van der Waals surface area contributed by atoms with Gasteiger partial charge in [-0.3, -0.25) is 0 Å². The predicted molar refractivity (Wildman–Crippen MR) is 116 cm³/mol. The summed E-state index contributed by atoms with van der Waals surface area (Å²) in [6, 6.07) is 4.30. The fourth-order valence-electron chi connectivity index (χ4n) is 3.71. The summed E-state index contributed by atoms with van der Waals surface area (Å²) < 4.78 is 26.1. The number of esters is 1. The third kappa shape index (κ3) is 6.30. The summed E-state index contributed by atoms with van der Waals surface area (Å²) in [5.74, 6) is -0.905. The Morgan fingerprint density at radius 3 is 2.33 bits per heavy atom. The second kappa shape index (κ2) is 12.2. The summed E-state index contributed by atoms with van der Waals surface area (Å²) in [7, 11) is 1.35. The minimum atomic E-state index is -1.82. The first-order valence-electron chi connectivity index (χ1n) is 10.9. The zero-order chi connectivity index (χ0) is 26.6. The largest absolute Gasteiger partial charge is 0.504 e. The van der Waals surface area contributed by atoms with Gasteiger partial charge in [0.05, 0.1) is 20.3 Å². The lowest BCUT2D eigenvalue weighted by molar-refractivity contribution is -0.326. The van der Waals surface area contributed by atoms with Crippen molar-refractivity contribution in [3.63, 3.8) is 0 Å². The molecule has 2 fully saturated rings. The minimum Gasteiger partial charge on any atom is -0.504 e. The summed E-state index contributed by atoms with van der Waals surface area (Å²) in [4.78, 5) is 12.4. The Labute approximate surface area is 205 Å². The van der Waals surface area contributed by atoms with Crippen molar-refractivity contribution in [2.45, 2.75) is 61.4 Å². The Kier molecular flexibility index (Phi) is 9.59. The fraction of sp³-hybridized carbons (Fsp3) is 0.591. The predicted octanol–water partition coefficient (Wildman–Crippen LogP) is -3.42. The van der Waals surface area contributed by atoms with Crippen LogP contribution in [-0.2, 0) is 23.7 Å². The van der Waals surface area contributed by atoms with E-state index in [1.54, 1.807) is 0 Å². The number of ether oxygens (including phenoxy) is 5. The number of aromatic hydroxyl groups is 1. The Morgan fingerprint density at radius 1 is 0.972 bits per heavy atom. The highest BCUT2D eigenvalue weighted by Crippen LogP contribution is 2.28. The summed E-state index contributed by atoms with van der Waals surface area (Å²) in [5.41, 5.74) is 0.470. The molecule has 36 heavy (non-hydrogen) atoms. The maximum absolute atomic E-state index is 12.4. The van der Waals surface area contributed by atoms with Crippen LogP contribution in [0.4, 0.5) is 0 Å². The van der Waals surface area contributed by atoms with Crippen LogP contribution in [0.15, 0.2) is 24.3 Å². The quantitative estimate of drug-likeness (QED) is 0.124. The molecule has 0 radical (unpaired) electrons. The van der Waals surface area contributed by atoms with E-state index in [-0.39, 0.29) is 11.5 Å². The number of hydrogen-bond acceptors (Lipinski definition) is 14. The molecule has 3 rings (SSSR count). The number of carbonyl (C=O) groups is 1. The van der Waals surface area contributed by atoms with Gasteiger partial charge in [0, 0.05) is 6.08 Å². The highest BCUT2D eigenvalue weighted by Gasteiger charge is 2.48. The first-order valence-corrected chi connectivity index (χ1v) is 10.9. The molecule has 14 nitrogen and oxygen atoms in total. The van der Waals surface area contributed by atoms with E-state index >= 15 is 0 Å². The van der Waals surface area contributed by atoms with Gasteiger partial charge in [-0.2, -0.15) is 0 Å². The van der Waals surface area contributed by atoms with E-state index in [0.29, 0.717) is 5.56 Å². The lowest BCUT2D eigenvalue weighted by Gasteiger charge is -2.42. The Balaban J connectivity index is 1.70. The van der Waals surface area contributed by atoms with Crippen molar-refractivity contribution >= 4 is 12.0 Å². The number of carbonyl (C=O) groups excluding carboxylic acids is 1. The number of phenols is 1. The molecule has 0 bridgehead atoms. The van der Waals surface area contributed by atoms with Crippen LogP contribution >= 0.6 is 0 Å². The lowest BCUT2D eigenvalue weighted by Crippen LogP contribution is -2.62. The molecule has 0 unspecified atom stereocenters. The molecule has 10 atom stereocenters. The van der Waals surface area contributed by atoms with Crippen LogP contribution in [0.2, 0.25) is 0 Å². The van der Waals surface area contributed by atoms with Gasteiger partial charge in [0.25, 0.3) is 0 Å². The molecular weight excluding hydrogens is 488 g/mol. The molecular formula is C22H30O14. The molecule has 2 aliphatic rings. The number of methoxy groups -OCH3 is 1. The molecule has 0 amide bonds. The van der Waals surface area contributed by atoms with Crippen molar-refractivity contribution in [3.05, 3.63) is 29.8 Å². The van der Waals surface area contributed by atoms with Crippen molar-refractivity contribution in [2.75, 3.05) is 20.3 Å². The number of aliphatic hydroxyl groups excluding tert-OH is 7. The van der Waals surface area contributed by atoms with Gasteiger partial charge in [-0.15, -0.1) is 0 Å². The van der Waals surface area contributed by atoms with E-state index in [9.17, 15) is 45.6 Å². The van der Waals surface area contributed by atoms with E-state index in [1.165, 1.54) is 31.4 Å². The molecule has 0 spiro atoms. The number of benzene rings is 1. The molecule has 2 saturated heterocycles. The third-order valence-corrected chi connectivity index (χ3v) is 5.80. The van der Waals surface area contributed by atoms with Gasteiger partial charge in [0.2, 0.25) is 0 Å². The second-order valence-electron chi connectivity index (χ2n) is 8.24. The van der Waals surface area contributed by atoms with Crippen LogP contribution in [0.1, 0.15) is 5.56 Å². The zero-order valence-corrected chi connectivity index (χ0v) is 19.1. The van der Waals surface area contributed by atoms with Gasteiger partial charge >= 0.3 is 5.97 Å². The van der Waals surface area contributed by atoms with Crippen molar-refractivity contribution in [1.82, 2.24) is 0 Å². The van der Waals surface area contributed by atoms with E-state index < -0.39 is 80.6 Å². The van der Waals surface area contributed by atoms with E-state index in [2.05, 4.69) is 0 Å². The molecule has 0 saturated carbocycles. The molecule has 202 valence electrons. The molecule has 0 aliphatic carbocycles. The maximum atomic E-state index is 12.4. The summed E-state index contributed by atoms with van der Waals surface area (Å²) in [6.07, 6.45) is -13.9. The van der Waals surface area contributed by atoms with Crippen molar-refractivity contribution in [2.24, 2.45) is 0 Å². The molecule has 1 aromatic carbocycles. The van der Waals surface area contributed by atoms with Crippen LogP contribution in [0.5, 0.6) is 11.5 Å². The lowest BCUT2D eigenvalue weighted by atomic mass is 9.98. The molecule has 2 heterocycles. The Morgan fingerprint density at radius 2 is 1.67 bits per heavy atom. The van der Waals surface area contributed by atoms with Gasteiger partial charge in [0.1, 0.15) is 42.7 Å². The average molecular weight is 518 g/mol. The van der Waals surface area contributed by atoms with Crippen molar-refractivity contribution in [3.8, 4) is 11.5 Å². The van der Waals surface area contributed by atoms with Crippen LogP contribution in [0, 0.1) is 0 Å². The molecule has 1 aromatic rings. The van der Waals surface area contributed by atoms with Crippen LogP contribution in [0.25, 0.3) is 6.08 Å². The highest BCUT2D eigenvalue weighted by atomic mass is 16.7. The Hall–Kier alpha value is -2.37. The zero-order valence-electron chi connectivity index (χ0n) is 19.1. The molecule has 2 aliphatic heterocycles. The van der Waals surface area contributed by atoms with E-state index in [1.807, 2.05) is 0 Å². The fourth-order valence-corrected chi connectivity index (χ4v) is 3.71. The number of phenolic OH excluding ortho intramolecular Hbond substituents is 1. The van der Waals surface area contributed by atoms with Crippen LogP contribution in [0.3, 0.4) is 0 Å². The first kappa shape index (κ1) is 28.2. The smallest absolute Gasteiger partial charge is 0.331 e. The highest BCUT2D eigenvalue weighted by molar-refractivity contribution is 5.87. The van der Waals surface area contributed by atoms with Gasteiger partial charge < -0.3 is 64.5 Å². The first-order chi connectivity index (χ1) is 17.1. The monoisotopic (exact) mass is 518 g/mol. The molecule has 14 heteroatoms. The SMILES string of the molecule is COc1cc(C=CC(=O)O[C@H]2[C@H](OC[C@H]3O[C@@H](O)[C@H](O)[C@@H](O)[C@@H]3O)O[C@H](CO)[C@@H](O)[C@@H]2O)ccc1O. The summed E-state index contributed by atoms with van der Waals surface area (Å²) >= 11 is 0. The number of rotatable bonds is 8. The van der Waals surface area contributed by atoms with Crippen LogP contribution < -0.4 is 4.74 Å². The normalized spacial score (nSPS) is 37.1. The van der Waals surface area contributed by atoms with Gasteiger partial charge in [-0.05, 0) is 23.8 Å². The number of hydrogen-bond donors (Lipinski definition) is 8. The standard InChI is InChI=1S/C22H30O14/c1-32-11-6-9(2-4-10(11)24)3-5-14(25)36-20-18(29)15(26)12(7-23)35-22(20)33-8-13-16(27)17(28)19(30)21(31)34-13/h2-6,12-13,15-24,26-31H,7-8H2,1H3/t12-,13-,15-,16-,17+,18+,19-,20-,21-,22-/m1/s1. The minimum absolute atomic E-state index is 0.103. The van der Waals surface area contributed by atoms with Gasteiger partial charge in [0.15, 0.2) is 30.2 Å². The third-order valence-electron chi connectivity index (χ3n) is 5.80. The summed E-state index contributed by atoms with van der Waals surface area (Å²) in [6.45, 7) is -1.28. The van der Waals surface area contributed by atoms with E-state index in [4.69, 9.17) is 23.7 Å². The number of aliphatic hydroxyl groups is 7. The average Bonchev–Trinajstić information content (AvgIpc) is 2.87. The van der Waals surface area contributed by atoms with Crippen molar-refractivity contribution < 1.29 is 69.3 Å².